The summed E-state index contributed by atoms with van der Waals surface area (Å²) >= 11 is 0. The Morgan fingerprint density at radius 3 is 2.64 bits per heavy atom. The van der Waals surface area contributed by atoms with Gasteiger partial charge in [0, 0.05) is 34.4 Å². The molecular formula is C20H15N3O2. The molecule has 1 amide bonds. The maximum Gasteiger partial charge on any atom is 0.256 e. The van der Waals surface area contributed by atoms with Crippen molar-refractivity contribution in [1.29, 1.82) is 0 Å². The van der Waals surface area contributed by atoms with E-state index in [2.05, 4.69) is 15.3 Å². The minimum absolute atomic E-state index is 0.198. The summed E-state index contributed by atoms with van der Waals surface area (Å²) in [4.78, 5) is 21.4. The number of rotatable bonds is 3. The molecule has 0 spiro atoms. The van der Waals surface area contributed by atoms with Crippen LogP contribution in [0.4, 0.5) is 5.69 Å². The third-order valence-corrected chi connectivity index (χ3v) is 4.05. The number of anilines is 1. The molecule has 5 heteroatoms. The van der Waals surface area contributed by atoms with Crippen molar-refractivity contribution >= 4 is 33.4 Å². The molecule has 4 rings (SSSR count). The van der Waals surface area contributed by atoms with Crippen LogP contribution in [0.1, 0.15) is 10.4 Å². The molecule has 0 aliphatic rings. The predicted octanol–water partition coefficient (Wildman–Crippen LogP) is 4.04. The molecule has 0 aliphatic carbocycles. The normalized spacial score (nSPS) is 10.8. The average molecular weight is 329 g/mol. The van der Waals surface area contributed by atoms with E-state index in [-0.39, 0.29) is 5.91 Å². The lowest BCUT2D eigenvalue weighted by molar-refractivity contribution is 0.102. The zero-order valence-corrected chi connectivity index (χ0v) is 13.6. The Bertz CT molecular complexity index is 1080. The molecule has 25 heavy (non-hydrogen) atoms. The topological polar surface area (TPSA) is 64.1 Å². The second-order valence-corrected chi connectivity index (χ2v) is 5.58. The zero-order valence-electron chi connectivity index (χ0n) is 13.6. The number of amides is 1. The second-order valence-electron chi connectivity index (χ2n) is 5.58. The SMILES string of the molecule is COc1ccc(C(=O)Nc2ccncc2)c2cc3ccccc3nc12. The molecule has 0 bridgehead atoms. The first-order valence-electron chi connectivity index (χ1n) is 7.84. The number of ether oxygens (including phenoxy) is 1. The number of nitrogens with zero attached hydrogens (tertiary/aromatic N) is 2. The van der Waals surface area contributed by atoms with E-state index < -0.39 is 0 Å². The standard InChI is InChI=1S/C20H15N3O2/c1-25-18-7-6-15(20(24)22-14-8-10-21-11-9-14)16-12-13-4-2-3-5-17(13)23-19(16)18/h2-12H,1H3,(H,21,22,24). The van der Waals surface area contributed by atoms with Gasteiger partial charge < -0.3 is 10.1 Å². The smallest absolute Gasteiger partial charge is 0.256 e. The zero-order chi connectivity index (χ0) is 17.2. The maximum absolute atomic E-state index is 12.8. The number of methoxy groups -OCH3 is 1. The van der Waals surface area contributed by atoms with Gasteiger partial charge in [-0.3, -0.25) is 9.78 Å². The van der Waals surface area contributed by atoms with Gasteiger partial charge in [0.2, 0.25) is 0 Å². The highest BCUT2D eigenvalue weighted by molar-refractivity contribution is 6.14. The van der Waals surface area contributed by atoms with Gasteiger partial charge in [0.15, 0.2) is 0 Å². The summed E-state index contributed by atoms with van der Waals surface area (Å²) in [7, 11) is 1.60. The van der Waals surface area contributed by atoms with Crippen molar-refractivity contribution < 1.29 is 9.53 Å². The number of aromatic nitrogens is 2. The molecular weight excluding hydrogens is 314 g/mol. The van der Waals surface area contributed by atoms with Gasteiger partial charge in [-0.2, -0.15) is 0 Å². The maximum atomic E-state index is 12.8. The highest BCUT2D eigenvalue weighted by Crippen LogP contribution is 2.30. The van der Waals surface area contributed by atoms with Crippen LogP contribution in [0.15, 0.2) is 67.0 Å². The van der Waals surface area contributed by atoms with Gasteiger partial charge in [-0.25, -0.2) is 4.98 Å². The molecule has 2 aromatic carbocycles. The van der Waals surface area contributed by atoms with Crippen LogP contribution in [0.2, 0.25) is 0 Å². The van der Waals surface area contributed by atoms with E-state index >= 15 is 0 Å². The van der Waals surface area contributed by atoms with Crippen LogP contribution in [0.3, 0.4) is 0 Å². The second kappa shape index (κ2) is 6.20. The third-order valence-electron chi connectivity index (χ3n) is 4.05. The summed E-state index contributed by atoms with van der Waals surface area (Å²) in [5, 5.41) is 4.62. The van der Waals surface area contributed by atoms with Crippen LogP contribution in [-0.4, -0.2) is 23.0 Å². The number of pyridine rings is 2. The number of fused-ring (bicyclic) bond motifs is 2. The Kier molecular flexibility index (Phi) is 3.74. The minimum atomic E-state index is -0.198. The van der Waals surface area contributed by atoms with E-state index in [1.165, 1.54) is 0 Å². The van der Waals surface area contributed by atoms with Crippen molar-refractivity contribution in [3.8, 4) is 5.75 Å². The molecule has 0 saturated heterocycles. The lowest BCUT2D eigenvalue weighted by Gasteiger charge is -2.11. The number of para-hydroxylation sites is 1. The van der Waals surface area contributed by atoms with Crippen molar-refractivity contribution in [1.82, 2.24) is 9.97 Å². The summed E-state index contributed by atoms with van der Waals surface area (Å²) in [5.41, 5.74) is 2.77. The van der Waals surface area contributed by atoms with Gasteiger partial charge in [-0.15, -0.1) is 0 Å². The first kappa shape index (κ1) is 15.1. The molecule has 2 aromatic heterocycles. The van der Waals surface area contributed by atoms with Crippen LogP contribution in [0.25, 0.3) is 21.8 Å². The fourth-order valence-electron chi connectivity index (χ4n) is 2.83. The summed E-state index contributed by atoms with van der Waals surface area (Å²) in [6, 6.07) is 16.8. The van der Waals surface area contributed by atoms with Crippen molar-refractivity contribution in [2.24, 2.45) is 0 Å². The Labute approximate surface area is 144 Å². The van der Waals surface area contributed by atoms with Gasteiger partial charge in [0.1, 0.15) is 11.3 Å². The highest BCUT2D eigenvalue weighted by Gasteiger charge is 2.15. The molecule has 0 atom stereocenters. The van der Waals surface area contributed by atoms with Crippen LogP contribution < -0.4 is 10.1 Å². The fourth-order valence-corrected chi connectivity index (χ4v) is 2.83. The van der Waals surface area contributed by atoms with E-state index in [0.717, 1.165) is 16.3 Å². The van der Waals surface area contributed by atoms with Crippen LogP contribution >= 0.6 is 0 Å². The van der Waals surface area contributed by atoms with Crippen LogP contribution in [0.5, 0.6) is 5.75 Å². The van der Waals surface area contributed by atoms with Crippen molar-refractivity contribution in [3.63, 3.8) is 0 Å². The Morgan fingerprint density at radius 1 is 1.04 bits per heavy atom. The van der Waals surface area contributed by atoms with Crippen molar-refractivity contribution in [2.75, 3.05) is 12.4 Å². The third kappa shape index (κ3) is 2.76. The Morgan fingerprint density at radius 2 is 1.84 bits per heavy atom. The highest BCUT2D eigenvalue weighted by atomic mass is 16.5. The number of carbonyl (C=O) groups excluding carboxylic acids is 1. The minimum Gasteiger partial charge on any atom is -0.494 e. The van der Waals surface area contributed by atoms with Crippen LogP contribution in [-0.2, 0) is 0 Å². The monoisotopic (exact) mass is 329 g/mol. The molecule has 5 nitrogen and oxygen atoms in total. The largest absolute Gasteiger partial charge is 0.494 e. The summed E-state index contributed by atoms with van der Waals surface area (Å²) < 4.78 is 5.43. The van der Waals surface area contributed by atoms with E-state index in [9.17, 15) is 4.79 Å². The van der Waals surface area contributed by atoms with E-state index in [4.69, 9.17) is 4.74 Å². The molecule has 4 aromatic rings. The molecule has 1 N–H and O–H groups in total. The van der Waals surface area contributed by atoms with Gasteiger partial charge in [0.25, 0.3) is 5.91 Å². The van der Waals surface area contributed by atoms with Crippen LogP contribution in [0, 0.1) is 0 Å². The number of hydrogen-bond donors (Lipinski definition) is 1. The van der Waals surface area contributed by atoms with Gasteiger partial charge >= 0.3 is 0 Å². The van der Waals surface area contributed by atoms with E-state index in [1.807, 2.05) is 30.3 Å². The lowest BCUT2D eigenvalue weighted by Crippen LogP contribution is -2.12. The molecule has 0 fully saturated rings. The molecule has 0 unspecified atom stereocenters. The molecule has 2 heterocycles. The van der Waals surface area contributed by atoms with Gasteiger partial charge in [-0.05, 0) is 36.4 Å². The number of benzene rings is 2. The molecule has 122 valence electrons. The van der Waals surface area contributed by atoms with E-state index in [0.29, 0.717) is 22.5 Å². The molecule has 0 saturated carbocycles. The summed E-state index contributed by atoms with van der Waals surface area (Å²) in [6.45, 7) is 0. The van der Waals surface area contributed by atoms with Gasteiger partial charge in [0.05, 0.1) is 12.6 Å². The van der Waals surface area contributed by atoms with Gasteiger partial charge in [-0.1, -0.05) is 18.2 Å². The summed E-state index contributed by atoms with van der Waals surface area (Å²) in [5.74, 6) is 0.442. The van der Waals surface area contributed by atoms with Crippen molar-refractivity contribution in [2.45, 2.75) is 0 Å². The molecule has 0 radical (unpaired) electrons. The number of carbonyl (C=O) groups is 1. The van der Waals surface area contributed by atoms with Crippen molar-refractivity contribution in [3.05, 3.63) is 72.6 Å². The first-order valence-corrected chi connectivity index (χ1v) is 7.84. The predicted molar refractivity (Wildman–Crippen MR) is 98.0 cm³/mol. The quantitative estimate of drug-likeness (QED) is 0.576. The molecule has 0 aliphatic heterocycles. The first-order chi connectivity index (χ1) is 12.3. The lowest BCUT2D eigenvalue weighted by atomic mass is 10.0. The number of hydrogen-bond acceptors (Lipinski definition) is 4. The summed E-state index contributed by atoms with van der Waals surface area (Å²) in [6.07, 6.45) is 3.27. The van der Waals surface area contributed by atoms with E-state index in [1.54, 1.807) is 43.8 Å². The fraction of sp³-hybridized carbons (Fsp3) is 0.0500. The Balaban J connectivity index is 1.88. The number of nitrogens with one attached hydrogen (secondary N) is 1. The Hall–Kier alpha value is -3.47. The average Bonchev–Trinajstić information content (AvgIpc) is 2.66.